The Morgan fingerprint density at radius 1 is 1.38 bits per heavy atom. The predicted octanol–water partition coefficient (Wildman–Crippen LogP) is 2.74. The Hall–Kier alpha value is -1.08. The molecule has 2 rings (SSSR count). The molecule has 66 valence electrons. The lowest BCUT2D eigenvalue weighted by atomic mass is 9.87. The molecule has 0 radical (unpaired) electrons. The monoisotopic (exact) mass is 192 g/mol. The second kappa shape index (κ2) is 3.00. The maximum atomic E-state index is 10.9. The van der Waals surface area contributed by atoms with Crippen LogP contribution in [0.3, 0.4) is 0 Å². The fraction of sp³-hybridized carbons (Fsp3) is 0.182. The summed E-state index contributed by atoms with van der Waals surface area (Å²) in [4.78, 5) is 10.0. The van der Waals surface area contributed by atoms with Crippen LogP contribution in [0.1, 0.15) is 17.5 Å². The van der Waals surface area contributed by atoms with E-state index in [1.54, 1.807) is 0 Å². The Labute approximate surface area is 82.0 Å². The number of benzene rings is 1. The van der Waals surface area contributed by atoms with Crippen LogP contribution in [0.5, 0.6) is 0 Å². The topological polar surface area (TPSA) is 17.1 Å². The number of hydrogen-bond donors (Lipinski definition) is 0. The number of aldehydes is 1. The van der Waals surface area contributed by atoms with Crippen molar-refractivity contribution in [3.8, 4) is 0 Å². The summed E-state index contributed by atoms with van der Waals surface area (Å²) < 4.78 is 0. The maximum Gasteiger partial charge on any atom is 0.145 e. The molecule has 0 saturated heterocycles. The van der Waals surface area contributed by atoms with Gasteiger partial charge in [-0.3, -0.25) is 0 Å². The Balaban J connectivity index is 2.61. The second-order valence-corrected chi connectivity index (χ2v) is 3.85. The van der Waals surface area contributed by atoms with Crippen molar-refractivity contribution >= 4 is 24.0 Å². The molecule has 0 heterocycles. The van der Waals surface area contributed by atoms with Crippen molar-refractivity contribution < 1.29 is 4.79 Å². The molecule has 0 aliphatic heterocycles. The minimum Gasteiger partial charge on any atom is -0.301 e. The average molecular weight is 193 g/mol. The van der Waals surface area contributed by atoms with Gasteiger partial charge in [-0.1, -0.05) is 36.4 Å². The number of alkyl halides is 1. The Kier molecular flexibility index (Phi) is 1.97. The van der Waals surface area contributed by atoms with Gasteiger partial charge in [0, 0.05) is 0 Å². The van der Waals surface area contributed by atoms with Gasteiger partial charge in [0.1, 0.15) is 11.2 Å². The first-order valence-electron chi connectivity index (χ1n) is 4.17. The van der Waals surface area contributed by atoms with Gasteiger partial charge in [0.05, 0.1) is 0 Å². The lowest BCUT2D eigenvalue weighted by Gasteiger charge is -2.24. The summed E-state index contributed by atoms with van der Waals surface area (Å²) in [6.07, 6.45) is 5.33. The van der Waals surface area contributed by atoms with E-state index in [0.29, 0.717) is 6.42 Å². The molecule has 2 heteroatoms. The van der Waals surface area contributed by atoms with Crippen molar-refractivity contribution in [1.82, 2.24) is 0 Å². The SMILES string of the molecule is O=CC1(Cl)CC=Cc2ccccc21. The van der Waals surface area contributed by atoms with Gasteiger partial charge in [-0.05, 0) is 17.5 Å². The molecule has 0 spiro atoms. The van der Waals surface area contributed by atoms with Crippen molar-refractivity contribution in [3.05, 3.63) is 41.5 Å². The molecule has 1 aliphatic carbocycles. The number of allylic oxidation sites excluding steroid dienone is 1. The zero-order valence-corrected chi connectivity index (χ0v) is 7.79. The lowest BCUT2D eigenvalue weighted by molar-refractivity contribution is -0.110. The fourth-order valence-corrected chi connectivity index (χ4v) is 1.86. The second-order valence-electron chi connectivity index (χ2n) is 3.17. The molecule has 1 aromatic rings. The fourth-order valence-electron chi connectivity index (χ4n) is 1.60. The van der Waals surface area contributed by atoms with Crippen LogP contribution in [0.2, 0.25) is 0 Å². The van der Waals surface area contributed by atoms with Crippen LogP contribution in [0.25, 0.3) is 6.08 Å². The minimum absolute atomic E-state index is 0.578. The standard InChI is InChI=1S/C11H9ClO/c12-11(8-13)7-3-5-9-4-1-2-6-10(9)11/h1-6,8H,7H2. The molecule has 0 fully saturated rings. The van der Waals surface area contributed by atoms with Gasteiger partial charge < -0.3 is 4.79 Å². The Morgan fingerprint density at radius 3 is 2.92 bits per heavy atom. The summed E-state index contributed by atoms with van der Waals surface area (Å²) in [5.41, 5.74) is 1.95. The highest BCUT2D eigenvalue weighted by Crippen LogP contribution is 2.37. The molecule has 1 aromatic carbocycles. The van der Waals surface area contributed by atoms with E-state index in [9.17, 15) is 4.79 Å². The highest BCUT2D eigenvalue weighted by atomic mass is 35.5. The summed E-state index contributed by atoms with van der Waals surface area (Å²) in [7, 11) is 0. The zero-order valence-electron chi connectivity index (χ0n) is 7.03. The third-order valence-electron chi connectivity index (χ3n) is 2.31. The van der Waals surface area contributed by atoms with Crippen molar-refractivity contribution in [3.63, 3.8) is 0 Å². The van der Waals surface area contributed by atoms with E-state index < -0.39 is 4.87 Å². The van der Waals surface area contributed by atoms with Crippen LogP contribution >= 0.6 is 11.6 Å². The van der Waals surface area contributed by atoms with E-state index in [1.807, 2.05) is 36.4 Å². The summed E-state index contributed by atoms with van der Waals surface area (Å²) in [6, 6.07) is 7.71. The number of carbonyl (C=O) groups is 1. The molecular weight excluding hydrogens is 184 g/mol. The molecule has 0 aromatic heterocycles. The summed E-state index contributed by atoms with van der Waals surface area (Å²) in [5.74, 6) is 0. The summed E-state index contributed by atoms with van der Waals surface area (Å²) in [5, 5.41) is 0. The van der Waals surface area contributed by atoms with E-state index in [-0.39, 0.29) is 0 Å². The van der Waals surface area contributed by atoms with Crippen LogP contribution in [0.15, 0.2) is 30.3 Å². The van der Waals surface area contributed by atoms with Gasteiger partial charge in [-0.2, -0.15) is 0 Å². The van der Waals surface area contributed by atoms with E-state index in [2.05, 4.69) is 0 Å². The zero-order chi connectivity index (χ0) is 9.31. The highest BCUT2D eigenvalue weighted by molar-refractivity contribution is 6.32. The largest absolute Gasteiger partial charge is 0.301 e. The van der Waals surface area contributed by atoms with Crippen LogP contribution < -0.4 is 0 Å². The lowest BCUT2D eigenvalue weighted by Crippen LogP contribution is -2.22. The Bertz CT molecular complexity index is 370. The van der Waals surface area contributed by atoms with Crippen molar-refractivity contribution in [2.75, 3.05) is 0 Å². The van der Waals surface area contributed by atoms with Gasteiger partial charge in [-0.15, -0.1) is 11.6 Å². The maximum absolute atomic E-state index is 10.9. The molecule has 0 bridgehead atoms. The number of rotatable bonds is 1. The normalized spacial score (nSPS) is 25.3. The van der Waals surface area contributed by atoms with Crippen LogP contribution in [-0.2, 0) is 9.67 Å². The Morgan fingerprint density at radius 2 is 2.15 bits per heavy atom. The molecule has 1 atom stereocenters. The van der Waals surface area contributed by atoms with Gasteiger partial charge in [-0.25, -0.2) is 0 Å². The van der Waals surface area contributed by atoms with Crippen LogP contribution in [0, 0.1) is 0 Å². The van der Waals surface area contributed by atoms with Gasteiger partial charge in [0.15, 0.2) is 0 Å². The molecular formula is C11H9ClO. The number of carbonyl (C=O) groups excluding carboxylic acids is 1. The molecule has 0 amide bonds. The minimum atomic E-state index is -0.842. The van der Waals surface area contributed by atoms with Crippen molar-refractivity contribution in [2.45, 2.75) is 11.3 Å². The van der Waals surface area contributed by atoms with E-state index in [4.69, 9.17) is 11.6 Å². The van der Waals surface area contributed by atoms with E-state index in [0.717, 1.165) is 17.4 Å². The summed E-state index contributed by atoms with van der Waals surface area (Å²) in [6.45, 7) is 0. The van der Waals surface area contributed by atoms with E-state index in [1.165, 1.54) is 0 Å². The van der Waals surface area contributed by atoms with E-state index >= 15 is 0 Å². The molecule has 13 heavy (non-hydrogen) atoms. The van der Waals surface area contributed by atoms with Gasteiger partial charge >= 0.3 is 0 Å². The number of halogens is 1. The molecule has 0 saturated carbocycles. The van der Waals surface area contributed by atoms with Gasteiger partial charge in [0.25, 0.3) is 0 Å². The predicted molar refractivity (Wildman–Crippen MR) is 53.7 cm³/mol. The van der Waals surface area contributed by atoms with Crippen LogP contribution in [-0.4, -0.2) is 6.29 Å². The van der Waals surface area contributed by atoms with Crippen LogP contribution in [0.4, 0.5) is 0 Å². The molecule has 1 nitrogen and oxygen atoms in total. The number of hydrogen-bond acceptors (Lipinski definition) is 1. The molecule has 0 N–H and O–H groups in total. The number of fused-ring (bicyclic) bond motifs is 1. The molecule has 1 unspecified atom stereocenters. The average Bonchev–Trinajstić information content (AvgIpc) is 2.19. The quantitative estimate of drug-likeness (QED) is 0.494. The first-order chi connectivity index (χ1) is 6.26. The third kappa shape index (κ3) is 1.29. The first kappa shape index (κ1) is 8.52. The van der Waals surface area contributed by atoms with Crippen molar-refractivity contribution in [1.29, 1.82) is 0 Å². The van der Waals surface area contributed by atoms with Gasteiger partial charge in [0.2, 0.25) is 0 Å². The summed E-state index contributed by atoms with van der Waals surface area (Å²) >= 11 is 6.17. The van der Waals surface area contributed by atoms with Crippen molar-refractivity contribution in [2.24, 2.45) is 0 Å². The third-order valence-corrected chi connectivity index (χ3v) is 2.75. The first-order valence-corrected chi connectivity index (χ1v) is 4.55. The highest BCUT2D eigenvalue weighted by Gasteiger charge is 2.31. The molecule has 1 aliphatic rings. The smallest absolute Gasteiger partial charge is 0.145 e.